The highest BCUT2D eigenvalue weighted by atomic mass is 16.8. The Bertz CT molecular complexity index is 1470. The summed E-state index contributed by atoms with van der Waals surface area (Å²) < 4.78 is 40.3. The SMILES string of the molecule is CC(=O)NC1[C@H](O[C@@H]2C(NC(C)=O)[C@@H](C)OC(CO)[C@@H]2O)OC(CO)[C@@H](O[C@@H]2OC(CO)[C@H](O)[C@H](O[C@]3(C(=O)O)C[C@@H](O)[C@@H](NC(C)=O)C([C@H](O)[C@H](O)CO)O3)C2O)[C@@H]1O. The zero-order chi connectivity index (χ0) is 45.0. The zero-order valence-corrected chi connectivity index (χ0v) is 32.9. The molecular formula is C34H57N3O23. The van der Waals surface area contributed by atoms with Gasteiger partial charge in [-0.05, 0) is 6.92 Å². The van der Waals surface area contributed by atoms with Crippen LogP contribution in [0.25, 0.3) is 0 Å². The molecule has 0 aromatic carbocycles. The molecule has 0 aliphatic carbocycles. The van der Waals surface area contributed by atoms with Crippen LogP contribution in [0.1, 0.15) is 34.1 Å². The van der Waals surface area contributed by atoms with Gasteiger partial charge in [-0.1, -0.05) is 0 Å². The Morgan fingerprint density at radius 3 is 1.70 bits per heavy atom. The lowest BCUT2D eigenvalue weighted by Crippen LogP contribution is -2.71. The van der Waals surface area contributed by atoms with E-state index in [-0.39, 0.29) is 0 Å². The third-order valence-electron chi connectivity index (χ3n) is 10.7. The minimum absolute atomic E-state index is 0.560. The Balaban J connectivity index is 1.65. The summed E-state index contributed by atoms with van der Waals surface area (Å²) in [5.41, 5.74) is 0. The molecular weight excluding hydrogens is 818 g/mol. The molecule has 4 fully saturated rings. The predicted octanol–water partition coefficient (Wildman–Crippen LogP) is -9.04. The molecule has 4 aliphatic rings. The van der Waals surface area contributed by atoms with Crippen LogP contribution in [0, 0.1) is 0 Å². The van der Waals surface area contributed by atoms with Crippen molar-refractivity contribution in [3.63, 3.8) is 0 Å². The van der Waals surface area contributed by atoms with Crippen LogP contribution < -0.4 is 16.0 Å². The van der Waals surface area contributed by atoms with E-state index in [1.165, 1.54) is 13.8 Å². The molecule has 0 aromatic heterocycles. The van der Waals surface area contributed by atoms with Crippen LogP contribution in [0.3, 0.4) is 0 Å². The molecule has 346 valence electrons. The number of carbonyl (C=O) groups is 4. The summed E-state index contributed by atoms with van der Waals surface area (Å²) in [6.45, 7) is 0.996. The maximum Gasteiger partial charge on any atom is 0.364 e. The second-order valence-electron chi connectivity index (χ2n) is 15.1. The van der Waals surface area contributed by atoms with E-state index in [1.54, 1.807) is 0 Å². The molecule has 26 nitrogen and oxygen atoms in total. The smallest absolute Gasteiger partial charge is 0.364 e. The summed E-state index contributed by atoms with van der Waals surface area (Å²) in [7, 11) is 0. The van der Waals surface area contributed by atoms with Gasteiger partial charge >= 0.3 is 5.97 Å². The van der Waals surface area contributed by atoms with E-state index in [4.69, 9.17) is 33.2 Å². The van der Waals surface area contributed by atoms with E-state index < -0.39 is 185 Å². The summed E-state index contributed by atoms with van der Waals surface area (Å²) in [5, 5.41) is 135. The van der Waals surface area contributed by atoms with Crippen LogP contribution in [0.5, 0.6) is 0 Å². The van der Waals surface area contributed by atoms with Crippen molar-refractivity contribution in [1.82, 2.24) is 16.0 Å². The second kappa shape index (κ2) is 21.0. The van der Waals surface area contributed by atoms with Crippen molar-refractivity contribution in [2.75, 3.05) is 26.4 Å². The number of aliphatic hydroxyl groups is 11. The number of rotatable bonds is 16. The van der Waals surface area contributed by atoms with E-state index in [0.717, 1.165) is 13.8 Å². The molecule has 0 spiro atoms. The molecule has 4 aliphatic heterocycles. The van der Waals surface area contributed by atoms with E-state index in [0.29, 0.717) is 0 Å². The van der Waals surface area contributed by atoms with Crippen LogP contribution in [0.2, 0.25) is 0 Å². The number of hydrogen-bond acceptors (Lipinski definition) is 22. The molecule has 15 N–H and O–H groups in total. The van der Waals surface area contributed by atoms with Gasteiger partial charge in [0.15, 0.2) is 12.6 Å². The van der Waals surface area contributed by atoms with Gasteiger partial charge in [-0.15, -0.1) is 0 Å². The van der Waals surface area contributed by atoms with Gasteiger partial charge < -0.3 is 110 Å². The topological polar surface area (TPSA) is 412 Å². The van der Waals surface area contributed by atoms with Crippen molar-refractivity contribution in [1.29, 1.82) is 0 Å². The Morgan fingerprint density at radius 1 is 0.667 bits per heavy atom. The molecule has 60 heavy (non-hydrogen) atoms. The largest absolute Gasteiger partial charge is 0.477 e. The fourth-order valence-corrected chi connectivity index (χ4v) is 7.70. The normalized spacial score (nSPS) is 43.3. The van der Waals surface area contributed by atoms with Gasteiger partial charge in [0.05, 0.1) is 50.7 Å². The molecule has 4 rings (SSSR count). The molecule has 26 heteroatoms. The average Bonchev–Trinajstić information content (AvgIpc) is 3.18. The van der Waals surface area contributed by atoms with Crippen LogP contribution in [0.15, 0.2) is 0 Å². The lowest BCUT2D eigenvalue weighted by Gasteiger charge is -2.51. The van der Waals surface area contributed by atoms with E-state index >= 15 is 0 Å². The number of hydrogen-bond donors (Lipinski definition) is 15. The summed E-state index contributed by atoms with van der Waals surface area (Å²) in [6, 6.07) is -4.30. The molecule has 4 saturated heterocycles. The quantitative estimate of drug-likeness (QED) is 0.0684. The highest BCUT2D eigenvalue weighted by Gasteiger charge is 2.60. The number of aliphatic hydroxyl groups excluding tert-OH is 11. The monoisotopic (exact) mass is 875 g/mol. The standard InChI is InChI=1S/C34H57N3O23/c1-10-19(35-11(2)42)28(23(48)16(7-39)54-10)58-31-21(37-13(4)44)25(50)27(18(9-41)56-31)57-32-26(51)30(24(49)17(8-40)55-32)60-34(33(52)53)5-14(45)20(36-12(3)43)29(59-34)22(47)15(46)6-38/h10,14-32,38-41,45-51H,5-9H2,1-4H3,(H,35,42)(H,36,43)(H,37,44)(H,52,53)/t10-,14-,15-,16?,17?,18?,19?,20-,21?,22-,23+,24+,25-,26?,27-,28-,29?,30+,31+,32+,34+/m1/s1. The van der Waals surface area contributed by atoms with Crippen molar-refractivity contribution < 1.29 is 114 Å². The summed E-state index contributed by atoms with van der Waals surface area (Å²) >= 11 is 0. The second-order valence-corrected chi connectivity index (χ2v) is 15.1. The number of carboxylic acids is 1. The van der Waals surface area contributed by atoms with E-state index in [2.05, 4.69) is 16.0 Å². The number of nitrogens with one attached hydrogen (secondary N) is 3. The lowest BCUT2D eigenvalue weighted by molar-refractivity contribution is -0.384. The van der Waals surface area contributed by atoms with Crippen LogP contribution >= 0.6 is 0 Å². The molecule has 7 unspecified atom stereocenters. The third kappa shape index (κ3) is 10.8. The number of aliphatic carboxylic acids is 1. The van der Waals surface area contributed by atoms with Gasteiger partial charge in [-0.2, -0.15) is 0 Å². The van der Waals surface area contributed by atoms with Gasteiger partial charge in [-0.3, -0.25) is 14.4 Å². The molecule has 0 radical (unpaired) electrons. The predicted molar refractivity (Wildman–Crippen MR) is 189 cm³/mol. The molecule has 21 atom stereocenters. The Morgan fingerprint density at radius 2 is 1.17 bits per heavy atom. The number of carboxylic acid groups (broad SMARTS) is 1. The zero-order valence-electron chi connectivity index (χ0n) is 32.9. The first kappa shape index (κ1) is 49.8. The fraction of sp³-hybridized carbons (Fsp3) is 0.882. The Labute approximate surface area is 341 Å². The third-order valence-corrected chi connectivity index (χ3v) is 10.7. The lowest BCUT2D eigenvalue weighted by atomic mass is 9.88. The van der Waals surface area contributed by atoms with E-state index in [1.807, 2.05) is 0 Å². The maximum absolute atomic E-state index is 12.9. The fourth-order valence-electron chi connectivity index (χ4n) is 7.70. The van der Waals surface area contributed by atoms with Crippen molar-refractivity contribution in [3.05, 3.63) is 0 Å². The maximum atomic E-state index is 12.9. The first-order valence-corrected chi connectivity index (χ1v) is 19.0. The van der Waals surface area contributed by atoms with Gasteiger partial charge in [0.25, 0.3) is 5.79 Å². The number of carbonyl (C=O) groups excluding carboxylic acids is 3. The van der Waals surface area contributed by atoms with Crippen LogP contribution in [-0.4, -0.2) is 239 Å². The number of ether oxygens (including phenoxy) is 7. The van der Waals surface area contributed by atoms with E-state index in [9.17, 15) is 80.5 Å². The van der Waals surface area contributed by atoms with Gasteiger partial charge in [0.2, 0.25) is 17.7 Å². The number of amides is 3. The first-order chi connectivity index (χ1) is 28.1. The molecule has 0 bridgehead atoms. The van der Waals surface area contributed by atoms with Crippen molar-refractivity contribution >= 4 is 23.7 Å². The van der Waals surface area contributed by atoms with Crippen molar-refractivity contribution in [2.24, 2.45) is 0 Å². The summed E-state index contributed by atoms with van der Waals surface area (Å²) in [6.07, 6.45) is -31.9. The first-order valence-electron chi connectivity index (χ1n) is 19.0. The van der Waals surface area contributed by atoms with Crippen LogP contribution in [0.4, 0.5) is 0 Å². The Kier molecular flexibility index (Phi) is 17.5. The highest BCUT2D eigenvalue weighted by molar-refractivity contribution is 5.77. The van der Waals surface area contributed by atoms with Crippen molar-refractivity contribution in [2.45, 2.75) is 162 Å². The minimum atomic E-state index is -3.11. The summed E-state index contributed by atoms with van der Waals surface area (Å²) in [5.74, 6) is -7.23. The van der Waals surface area contributed by atoms with Crippen molar-refractivity contribution in [3.8, 4) is 0 Å². The Hall–Kier alpha value is -2.84. The molecule has 3 amide bonds. The van der Waals surface area contributed by atoms with Crippen LogP contribution in [-0.2, 0) is 52.3 Å². The molecule has 4 heterocycles. The minimum Gasteiger partial charge on any atom is -0.477 e. The van der Waals surface area contributed by atoms with Gasteiger partial charge in [0.1, 0.15) is 85.4 Å². The highest BCUT2D eigenvalue weighted by Crippen LogP contribution is 2.39. The molecule has 0 aromatic rings. The molecule has 0 saturated carbocycles. The summed E-state index contributed by atoms with van der Waals surface area (Å²) in [4.78, 5) is 49.3. The van der Waals surface area contributed by atoms with Gasteiger partial charge in [0, 0.05) is 27.2 Å². The average molecular weight is 876 g/mol. The van der Waals surface area contributed by atoms with Gasteiger partial charge in [-0.25, -0.2) is 4.79 Å².